The number of ether oxygens (including phenoxy) is 1. The zero-order valence-corrected chi connectivity index (χ0v) is 22.5. The molecule has 2 aromatic carbocycles. The van der Waals surface area contributed by atoms with Gasteiger partial charge in [-0.3, -0.25) is 4.90 Å². The number of hydrogen-bond acceptors (Lipinski definition) is 6. The van der Waals surface area contributed by atoms with Crippen molar-refractivity contribution in [1.82, 2.24) is 9.29 Å². The number of amides is 1. The van der Waals surface area contributed by atoms with E-state index in [2.05, 4.69) is 4.98 Å². The summed E-state index contributed by atoms with van der Waals surface area (Å²) in [6.07, 6.45) is -5.59. The lowest BCUT2D eigenvalue weighted by Crippen LogP contribution is -2.42. The van der Waals surface area contributed by atoms with Crippen LogP contribution in [-0.2, 0) is 14.8 Å². The molecule has 0 spiro atoms. The molecule has 1 atom stereocenters. The van der Waals surface area contributed by atoms with Gasteiger partial charge in [0, 0.05) is 13.1 Å². The molecule has 0 radical (unpaired) electrons. The van der Waals surface area contributed by atoms with Gasteiger partial charge in [0.05, 0.1) is 15.1 Å². The molecule has 0 saturated carbocycles. The van der Waals surface area contributed by atoms with Crippen LogP contribution in [0.5, 0.6) is 0 Å². The normalized spacial score (nSPS) is 13.7. The molecule has 37 heavy (non-hydrogen) atoms. The van der Waals surface area contributed by atoms with Gasteiger partial charge in [-0.1, -0.05) is 30.4 Å². The monoisotopic (exact) mass is 561 g/mol. The molecule has 0 aliphatic rings. The van der Waals surface area contributed by atoms with Crippen molar-refractivity contribution in [2.75, 3.05) is 18.0 Å². The first-order valence-electron chi connectivity index (χ1n) is 11.3. The standard InChI is InChI=1S/C24H27F4N3O4S2/c1-6-30(22(32)35-23(3,4)5)21-29-18-13-12-17(14-19(18)36-21)37(33,34)31(7-2)20(24(26,27)28)15-8-10-16(25)11-9-15/h8-14,20H,6-7H2,1-5H3/t20-/m1/s1. The fraction of sp³-hybridized carbons (Fsp3) is 0.417. The first kappa shape index (κ1) is 28.8. The van der Waals surface area contributed by atoms with Gasteiger partial charge in [-0.2, -0.15) is 17.5 Å². The highest BCUT2D eigenvalue weighted by molar-refractivity contribution is 7.89. The number of hydrogen-bond donors (Lipinski definition) is 0. The van der Waals surface area contributed by atoms with Gasteiger partial charge in [-0.25, -0.2) is 22.6 Å². The van der Waals surface area contributed by atoms with E-state index in [4.69, 9.17) is 4.74 Å². The maximum Gasteiger partial charge on any atom is 0.416 e. The fourth-order valence-electron chi connectivity index (χ4n) is 3.62. The Kier molecular flexibility index (Phi) is 8.20. The number of anilines is 1. The molecular weight excluding hydrogens is 534 g/mol. The minimum atomic E-state index is -4.96. The molecule has 0 N–H and O–H groups in total. The molecular formula is C24H27F4N3O4S2. The number of carbonyl (C=O) groups excluding carboxylic acids is 1. The topological polar surface area (TPSA) is 79.8 Å². The summed E-state index contributed by atoms with van der Waals surface area (Å²) in [5, 5.41) is 0.258. The van der Waals surface area contributed by atoms with E-state index in [-0.39, 0.29) is 16.6 Å². The number of halogens is 4. The second-order valence-corrected chi connectivity index (χ2v) is 12.0. The van der Waals surface area contributed by atoms with Gasteiger partial charge in [-0.15, -0.1) is 0 Å². The Hall–Kier alpha value is -2.77. The predicted octanol–water partition coefficient (Wildman–Crippen LogP) is 6.51. The van der Waals surface area contributed by atoms with Crippen molar-refractivity contribution in [3.05, 3.63) is 53.8 Å². The first-order valence-corrected chi connectivity index (χ1v) is 13.6. The van der Waals surface area contributed by atoms with Gasteiger partial charge in [0.25, 0.3) is 0 Å². The third kappa shape index (κ3) is 6.39. The number of fused-ring (bicyclic) bond motifs is 1. The maximum absolute atomic E-state index is 14.1. The molecule has 0 fully saturated rings. The number of rotatable bonds is 7. The van der Waals surface area contributed by atoms with Gasteiger partial charge >= 0.3 is 12.3 Å². The summed E-state index contributed by atoms with van der Waals surface area (Å²) in [4.78, 5) is 17.9. The van der Waals surface area contributed by atoms with E-state index in [0.29, 0.717) is 14.5 Å². The van der Waals surface area contributed by atoms with E-state index in [0.717, 1.165) is 35.6 Å². The number of aromatic nitrogens is 1. The van der Waals surface area contributed by atoms with Crippen molar-refractivity contribution in [3.8, 4) is 0 Å². The smallest absolute Gasteiger partial charge is 0.416 e. The molecule has 0 aliphatic heterocycles. The van der Waals surface area contributed by atoms with Gasteiger partial charge < -0.3 is 4.74 Å². The molecule has 0 saturated heterocycles. The second-order valence-electron chi connectivity index (χ2n) is 9.05. The van der Waals surface area contributed by atoms with Crippen LogP contribution in [0.3, 0.4) is 0 Å². The molecule has 0 bridgehead atoms. The summed E-state index contributed by atoms with van der Waals surface area (Å²) in [7, 11) is -4.65. The van der Waals surface area contributed by atoms with Crippen LogP contribution >= 0.6 is 11.3 Å². The molecule has 7 nitrogen and oxygen atoms in total. The molecule has 0 aliphatic carbocycles. The van der Waals surface area contributed by atoms with Crippen LogP contribution in [0.1, 0.15) is 46.2 Å². The predicted molar refractivity (Wildman–Crippen MR) is 134 cm³/mol. The number of thiazole rings is 1. The van der Waals surface area contributed by atoms with Crippen LogP contribution in [0.4, 0.5) is 27.5 Å². The molecule has 13 heteroatoms. The maximum atomic E-state index is 14.1. The summed E-state index contributed by atoms with van der Waals surface area (Å²) < 4.78 is 88.7. The van der Waals surface area contributed by atoms with Crippen molar-refractivity contribution in [2.45, 2.75) is 57.3 Å². The van der Waals surface area contributed by atoms with E-state index in [9.17, 15) is 30.8 Å². The average molecular weight is 562 g/mol. The SMILES string of the molecule is CCN(C(=O)OC(C)(C)C)c1nc2ccc(S(=O)(=O)N(CC)[C@H](c3ccc(F)cc3)C(F)(F)F)cc2s1. The van der Waals surface area contributed by atoms with Gasteiger partial charge in [0.2, 0.25) is 10.0 Å². The molecule has 1 aromatic heterocycles. The van der Waals surface area contributed by atoms with Crippen molar-refractivity contribution in [3.63, 3.8) is 0 Å². The van der Waals surface area contributed by atoms with Gasteiger partial charge in [0.15, 0.2) is 5.13 Å². The van der Waals surface area contributed by atoms with Crippen molar-refractivity contribution >= 4 is 42.8 Å². The summed E-state index contributed by atoms with van der Waals surface area (Å²) in [5.74, 6) is -0.741. The number of nitrogens with zero attached hydrogens (tertiary/aromatic N) is 3. The molecule has 0 unspecified atom stereocenters. The number of benzene rings is 2. The van der Waals surface area contributed by atoms with E-state index in [1.54, 1.807) is 27.7 Å². The largest absolute Gasteiger partial charge is 0.443 e. The van der Waals surface area contributed by atoms with E-state index < -0.39 is 51.9 Å². The highest BCUT2D eigenvalue weighted by atomic mass is 32.2. The molecule has 3 rings (SSSR count). The lowest BCUT2D eigenvalue weighted by molar-refractivity contribution is -0.173. The summed E-state index contributed by atoms with van der Waals surface area (Å²) >= 11 is 1.01. The highest BCUT2D eigenvalue weighted by Crippen LogP contribution is 2.41. The quantitative estimate of drug-likeness (QED) is 0.307. The minimum Gasteiger partial charge on any atom is -0.443 e. The van der Waals surface area contributed by atoms with Crippen molar-refractivity contribution in [1.29, 1.82) is 0 Å². The summed E-state index contributed by atoms with van der Waals surface area (Å²) in [6.45, 7) is 7.91. The van der Waals surface area contributed by atoms with Crippen LogP contribution in [0, 0.1) is 5.82 Å². The second kappa shape index (κ2) is 10.5. The van der Waals surface area contributed by atoms with Crippen LogP contribution in [0.15, 0.2) is 47.4 Å². The van der Waals surface area contributed by atoms with Gasteiger partial charge in [0.1, 0.15) is 17.5 Å². The number of carbonyl (C=O) groups is 1. The Morgan fingerprint density at radius 2 is 1.68 bits per heavy atom. The van der Waals surface area contributed by atoms with Crippen molar-refractivity contribution < 1.29 is 35.5 Å². The molecule has 1 amide bonds. The Labute approximate surface area is 216 Å². The molecule has 3 aromatic rings. The summed E-state index contributed by atoms with van der Waals surface area (Å²) in [5.41, 5.74) is -0.780. The lowest BCUT2D eigenvalue weighted by atomic mass is 10.1. The zero-order chi connectivity index (χ0) is 27.8. The first-order chi connectivity index (χ1) is 17.1. The third-order valence-electron chi connectivity index (χ3n) is 5.21. The summed E-state index contributed by atoms with van der Waals surface area (Å²) in [6, 6.07) is 4.80. The van der Waals surface area contributed by atoms with E-state index in [1.165, 1.54) is 30.0 Å². The fourth-order valence-corrected chi connectivity index (χ4v) is 6.39. The van der Waals surface area contributed by atoms with Crippen molar-refractivity contribution in [2.24, 2.45) is 0 Å². The molecule has 202 valence electrons. The Balaban J connectivity index is 2.03. The minimum absolute atomic E-state index is 0.231. The number of alkyl halides is 3. The van der Waals surface area contributed by atoms with E-state index in [1.807, 2.05) is 0 Å². The van der Waals surface area contributed by atoms with Crippen LogP contribution < -0.4 is 4.90 Å². The Bertz CT molecular complexity index is 1370. The van der Waals surface area contributed by atoms with Crippen LogP contribution in [0.25, 0.3) is 10.2 Å². The lowest BCUT2D eigenvalue weighted by Gasteiger charge is -2.31. The third-order valence-corrected chi connectivity index (χ3v) is 8.19. The average Bonchev–Trinajstić information content (AvgIpc) is 3.19. The van der Waals surface area contributed by atoms with Crippen LogP contribution in [-0.4, -0.2) is 48.7 Å². The van der Waals surface area contributed by atoms with Gasteiger partial charge in [-0.05, 0) is 63.6 Å². The zero-order valence-electron chi connectivity index (χ0n) is 20.8. The highest BCUT2D eigenvalue weighted by Gasteiger charge is 2.48. The Morgan fingerprint density at radius 1 is 1.05 bits per heavy atom. The van der Waals surface area contributed by atoms with Crippen LogP contribution in [0.2, 0.25) is 0 Å². The van der Waals surface area contributed by atoms with E-state index >= 15 is 0 Å². The number of sulfonamides is 1. The Morgan fingerprint density at radius 3 is 2.19 bits per heavy atom. The molecule has 1 heterocycles.